The SMILES string of the molecule is O=C(NNc1ccnc(F)c1)C1(O)CCCCC1. The number of carbonyl (C=O) groups excluding carboxylic acids is 1. The first-order valence-electron chi connectivity index (χ1n) is 6.00. The minimum atomic E-state index is -1.31. The molecular formula is C12H16FN3O2. The fourth-order valence-electron chi connectivity index (χ4n) is 2.09. The fraction of sp³-hybridized carbons (Fsp3) is 0.500. The molecule has 1 fully saturated rings. The van der Waals surface area contributed by atoms with E-state index in [4.69, 9.17) is 0 Å². The van der Waals surface area contributed by atoms with Gasteiger partial charge in [0.15, 0.2) is 0 Å². The second kappa shape index (κ2) is 5.30. The van der Waals surface area contributed by atoms with Crippen molar-refractivity contribution in [1.82, 2.24) is 10.4 Å². The van der Waals surface area contributed by atoms with Crippen LogP contribution in [0.1, 0.15) is 32.1 Å². The van der Waals surface area contributed by atoms with Crippen LogP contribution >= 0.6 is 0 Å². The number of amides is 1. The van der Waals surface area contributed by atoms with Crippen LogP contribution in [0.15, 0.2) is 18.3 Å². The van der Waals surface area contributed by atoms with Gasteiger partial charge in [0.2, 0.25) is 5.95 Å². The second-order valence-electron chi connectivity index (χ2n) is 4.54. The van der Waals surface area contributed by atoms with E-state index in [1.54, 1.807) is 0 Å². The first kappa shape index (κ1) is 12.8. The van der Waals surface area contributed by atoms with Gasteiger partial charge in [0.05, 0.1) is 5.69 Å². The molecule has 0 bridgehead atoms. The molecule has 1 saturated carbocycles. The Bertz CT molecular complexity index is 433. The number of rotatable bonds is 3. The number of nitrogens with one attached hydrogen (secondary N) is 2. The maximum atomic E-state index is 12.8. The number of aromatic nitrogens is 1. The van der Waals surface area contributed by atoms with Gasteiger partial charge >= 0.3 is 0 Å². The molecule has 1 heterocycles. The zero-order chi connectivity index (χ0) is 13.0. The van der Waals surface area contributed by atoms with Gasteiger partial charge in [-0.1, -0.05) is 19.3 Å². The highest BCUT2D eigenvalue weighted by atomic mass is 19.1. The van der Waals surface area contributed by atoms with E-state index in [1.165, 1.54) is 12.3 Å². The van der Waals surface area contributed by atoms with Crippen molar-refractivity contribution >= 4 is 11.6 Å². The summed E-state index contributed by atoms with van der Waals surface area (Å²) in [6.45, 7) is 0. The van der Waals surface area contributed by atoms with E-state index >= 15 is 0 Å². The van der Waals surface area contributed by atoms with E-state index in [2.05, 4.69) is 15.8 Å². The molecule has 1 amide bonds. The summed E-state index contributed by atoms with van der Waals surface area (Å²) in [6.07, 6.45) is 4.94. The average molecular weight is 253 g/mol. The number of hydrogen-bond donors (Lipinski definition) is 3. The lowest BCUT2D eigenvalue weighted by Gasteiger charge is -2.30. The molecule has 0 radical (unpaired) electrons. The second-order valence-corrected chi connectivity index (χ2v) is 4.54. The van der Waals surface area contributed by atoms with E-state index in [1.807, 2.05) is 0 Å². The molecule has 1 aliphatic carbocycles. The van der Waals surface area contributed by atoms with Crippen molar-refractivity contribution in [2.45, 2.75) is 37.7 Å². The summed E-state index contributed by atoms with van der Waals surface area (Å²) in [5.41, 5.74) is 4.05. The van der Waals surface area contributed by atoms with E-state index in [0.29, 0.717) is 18.5 Å². The molecule has 0 spiro atoms. The maximum absolute atomic E-state index is 12.8. The molecule has 3 N–H and O–H groups in total. The van der Waals surface area contributed by atoms with Crippen molar-refractivity contribution in [3.05, 3.63) is 24.3 Å². The number of nitrogens with zero attached hydrogens (tertiary/aromatic N) is 1. The molecule has 0 saturated heterocycles. The zero-order valence-electron chi connectivity index (χ0n) is 9.95. The Morgan fingerprint density at radius 1 is 1.39 bits per heavy atom. The largest absolute Gasteiger partial charge is 0.380 e. The van der Waals surface area contributed by atoms with Crippen molar-refractivity contribution in [2.75, 3.05) is 5.43 Å². The number of aliphatic hydroxyl groups is 1. The van der Waals surface area contributed by atoms with E-state index in [-0.39, 0.29) is 0 Å². The molecular weight excluding hydrogens is 237 g/mol. The summed E-state index contributed by atoms with van der Waals surface area (Å²) in [4.78, 5) is 15.2. The Hall–Kier alpha value is -1.69. The fourth-order valence-corrected chi connectivity index (χ4v) is 2.09. The van der Waals surface area contributed by atoms with Crippen LogP contribution in [-0.4, -0.2) is 21.6 Å². The van der Waals surface area contributed by atoms with Gasteiger partial charge in [0, 0.05) is 12.3 Å². The highest BCUT2D eigenvalue weighted by molar-refractivity contribution is 5.85. The van der Waals surface area contributed by atoms with Crippen molar-refractivity contribution in [3.8, 4) is 0 Å². The Kier molecular flexibility index (Phi) is 3.76. The molecule has 0 atom stereocenters. The summed E-state index contributed by atoms with van der Waals surface area (Å²) in [6, 6.07) is 2.68. The van der Waals surface area contributed by atoms with Crippen LogP contribution in [0.4, 0.5) is 10.1 Å². The van der Waals surface area contributed by atoms with Crippen LogP contribution in [0.5, 0.6) is 0 Å². The number of pyridine rings is 1. The van der Waals surface area contributed by atoms with Crippen LogP contribution in [-0.2, 0) is 4.79 Å². The van der Waals surface area contributed by atoms with Crippen molar-refractivity contribution in [1.29, 1.82) is 0 Å². The summed E-state index contributed by atoms with van der Waals surface area (Å²) in [5.74, 6) is -1.11. The van der Waals surface area contributed by atoms with Crippen molar-refractivity contribution in [2.24, 2.45) is 0 Å². The molecule has 6 heteroatoms. The Balaban J connectivity index is 1.91. The monoisotopic (exact) mass is 253 g/mol. The zero-order valence-corrected chi connectivity index (χ0v) is 9.95. The Morgan fingerprint density at radius 2 is 2.11 bits per heavy atom. The van der Waals surface area contributed by atoms with Gasteiger partial charge in [-0.15, -0.1) is 0 Å². The number of hydrogen-bond acceptors (Lipinski definition) is 4. The molecule has 98 valence electrons. The third-order valence-corrected chi connectivity index (χ3v) is 3.15. The molecule has 1 aliphatic rings. The van der Waals surface area contributed by atoms with Crippen molar-refractivity contribution < 1.29 is 14.3 Å². The summed E-state index contributed by atoms with van der Waals surface area (Å²) in [5, 5.41) is 10.1. The van der Waals surface area contributed by atoms with E-state index in [0.717, 1.165) is 25.3 Å². The molecule has 0 unspecified atom stereocenters. The van der Waals surface area contributed by atoms with Crippen LogP contribution in [0.2, 0.25) is 0 Å². The molecule has 0 aromatic carbocycles. The van der Waals surface area contributed by atoms with Crippen LogP contribution in [0, 0.1) is 5.95 Å². The highest BCUT2D eigenvalue weighted by Crippen LogP contribution is 2.28. The van der Waals surface area contributed by atoms with Gasteiger partial charge in [0.25, 0.3) is 5.91 Å². The van der Waals surface area contributed by atoms with Crippen molar-refractivity contribution in [3.63, 3.8) is 0 Å². The molecule has 0 aliphatic heterocycles. The van der Waals surface area contributed by atoms with Gasteiger partial charge in [-0.3, -0.25) is 15.6 Å². The van der Waals surface area contributed by atoms with Crippen LogP contribution in [0.25, 0.3) is 0 Å². The summed E-state index contributed by atoms with van der Waals surface area (Å²) in [7, 11) is 0. The third-order valence-electron chi connectivity index (χ3n) is 3.15. The molecule has 2 rings (SSSR count). The third kappa shape index (κ3) is 2.95. The summed E-state index contributed by atoms with van der Waals surface area (Å²) >= 11 is 0. The van der Waals surface area contributed by atoms with Gasteiger partial charge in [0.1, 0.15) is 5.60 Å². The minimum Gasteiger partial charge on any atom is -0.380 e. The van der Waals surface area contributed by atoms with Gasteiger partial charge < -0.3 is 5.11 Å². The Labute approximate surface area is 104 Å². The van der Waals surface area contributed by atoms with Gasteiger partial charge in [-0.05, 0) is 18.9 Å². The normalized spacial score (nSPS) is 18.1. The highest BCUT2D eigenvalue weighted by Gasteiger charge is 2.36. The molecule has 18 heavy (non-hydrogen) atoms. The first-order valence-corrected chi connectivity index (χ1v) is 6.00. The summed E-state index contributed by atoms with van der Waals surface area (Å²) < 4.78 is 12.8. The van der Waals surface area contributed by atoms with E-state index in [9.17, 15) is 14.3 Å². The topological polar surface area (TPSA) is 74.2 Å². The number of hydrazine groups is 1. The predicted molar refractivity (Wildman–Crippen MR) is 64.0 cm³/mol. The smallest absolute Gasteiger partial charge is 0.270 e. The van der Waals surface area contributed by atoms with Crippen LogP contribution < -0.4 is 10.9 Å². The van der Waals surface area contributed by atoms with Crippen LogP contribution in [0.3, 0.4) is 0 Å². The lowest BCUT2D eigenvalue weighted by atomic mass is 9.84. The molecule has 1 aromatic rings. The van der Waals surface area contributed by atoms with Gasteiger partial charge in [-0.25, -0.2) is 4.98 Å². The standard InChI is InChI=1S/C12H16FN3O2/c13-10-8-9(4-7-14-10)15-16-11(17)12(18)5-2-1-3-6-12/h4,7-8,18H,1-3,5-6H2,(H,14,15)(H,16,17). The number of halogens is 1. The van der Waals surface area contributed by atoms with E-state index < -0.39 is 17.5 Å². The minimum absolute atomic E-state index is 0.384. The predicted octanol–water partition coefficient (Wildman–Crippen LogP) is 1.36. The van der Waals surface area contributed by atoms with Gasteiger partial charge in [-0.2, -0.15) is 4.39 Å². The average Bonchev–Trinajstić information content (AvgIpc) is 2.37. The lowest BCUT2D eigenvalue weighted by molar-refractivity contribution is -0.142. The number of carbonyl (C=O) groups is 1. The lowest BCUT2D eigenvalue weighted by Crippen LogP contribution is -2.49. The first-order chi connectivity index (χ1) is 8.60. The quantitative estimate of drug-likeness (QED) is 0.561. The molecule has 5 nitrogen and oxygen atoms in total. The number of anilines is 1. The molecule has 1 aromatic heterocycles. The maximum Gasteiger partial charge on any atom is 0.270 e. The Morgan fingerprint density at radius 3 is 2.78 bits per heavy atom.